The summed E-state index contributed by atoms with van der Waals surface area (Å²) in [6.45, 7) is -0.392. The van der Waals surface area contributed by atoms with E-state index in [9.17, 15) is 8.42 Å². The van der Waals surface area contributed by atoms with Crippen LogP contribution in [0.15, 0.2) is 33.9 Å². The summed E-state index contributed by atoms with van der Waals surface area (Å²) in [5.41, 5.74) is 1.03. The van der Waals surface area contributed by atoms with E-state index in [1.807, 2.05) is 0 Å². The Morgan fingerprint density at radius 3 is 2.93 bits per heavy atom. The van der Waals surface area contributed by atoms with Crippen LogP contribution >= 0.6 is 0 Å². The SMILES string of the molecule is O=S(=O)(CCO)c1ccc2ncoc2c1. The first-order valence-corrected chi connectivity index (χ1v) is 5.95. The zero-order valence-corrected chi connectivity index (χ0v) is 8.57. The Labute approximate surface area is 86.3 Å². The summed E-state index contributed by atoms with van der Waals surface area (Å²) >= 11 is 0. The highest BCUT2D eigenvalue weighted by atomic mass is 32.2. The average Bonchev–Trinajstić information content (AvgIpc) is 2.63. The molecule has 2 aromatic rings. The van der Waals surface area contributed by atoms with Gasteiger partial charge in [0.05, 0.1) is 17.3 Å². The van der Waals surface area contributed by atoms with Crippen molar-refractivity contribution < 1.29 is 17.9 Å². The van der Waals surface area contributed by atoms with Crippen molar-refractivity contribution in [1.82, 2.24) is 4.98 Å². The molecule has 0 bridgehead atoms. The molecular formula is C9H9NO4S. The van der Waals surface area contributed by atoms with E-state index in [0.29, 0.717) is 11.1 Å². The van der Waals surface area contributed by atoms with E-state index in [1.54, 1.807) is 6.07 Å². The molecular weight excluding hydrogens is 218 g/mol. The van der Waals surface area contributed by atoms with Crippen molar-refractivity contribution in [3.05, 3.63) is 24.6 Å². The van der Waals surface area contributed by atoms with Crippen molar-refractivity contribution in [1.29, 1.82) is 0 Å². The summed E-state index contributed by atoms with van der Waals surface area (Å²) in [4.78, 5) is 4.02. The van der Waals surface area contributed by atoms with Gasteiger partial charge in [0.1, 0.15) is 5.52 Å². The maximum Gasteiger partial charge on any atom is 0.181 e. The van der Waals surface area contributed by atoms with Crippen LogP contribution in [0.4, 0.5) is 0 Å². The van der Waals surface area contributed by atoms with Crippen molar-refractivity contribution in [3.8, 4) is 0 Å². The average molecular weight is 227 g/mol. The number of fused-ring (bicyclic) bond motifs is 1. The second-order valence-electron chi connectivity index (χ2n) is 3.02. The van der Waals surface area contributed by atoms with E-state index in [4.69, 9.17) is 9.52 Å². The first-order valence-electron chi connectivity index (χ1n) is 4.30. The molecule has 0 aliphatic rings. The fourth-order valence-electron chi connectivity index (χ4n) is 1.27. The quantitative estimate of drug-likeness (QED) is 0.830. The minimum Gasteiger partial charge on any atom is -0.443 e. The molecule has 1 N–H and O–H groups in total. The molecule has 0 atom stereocenters. The van der Waals surface area contributed by atoms with Gasteiger partial charge in [-0.15, -0.1) is 0 Å². The van der Waals surface area contributed by atoms with Crippen molar-refractivity contribution >= 4 is 20.9 Å². The Kier molecular flexibility index (Phi) is 2.45. The van der Waals surface area contributed by atoms with Crippen molar-refractivity contribution in [2.45, 2.75) is 4.90 Å². The predicted octanol–water partition coefficient (Wildman–Crippen LogP) is 0.594. The van der Waals surface area contributed by atoms with Gasteiger partial charge in [-0.1, -0.05) is 0 Å². The van der Waals surface area contributed by atoms with Crippen LogP contribution in [0, 0.1) is 0 Å². The van der Waals surface area contributed by atoms with E-state index in [0.717, 1.165) is 0 Å². The summed E-state index contributed by atoms with van der Waals surface area (Å²) in [5, 5.41) is 8.62. The first kappa shape index (κ1) is 10.1. The van der Waals surface area contributed by atoms with Gasteiger partial charge in [-0.05, 0) is 12.1 Å². The second kappa shape index (κ2) is 3.63. The molecule has 6 heteroatoms. The van der Waals surface area contributed by atoms with Gasteiger partial charge in [0, 0.05) is 6.07 Å². The molecule has 1 aromatic carbocycles. The lowest BCUT2D eigenvalue weighted by Crippen LogP contribution is -2.09. The molecule has 0 aliphatic carbocycles. The number of aliphatic hydroxyl groups is 1. The molecule has 15 heavy (non-hydrogen) atoms. The van der Waals surface area contributed by atoms with Crippen LogP contribution in [-0.2, 0) is 9.84 Å². The van der Waals surface area contributed by atoms with Gasteiger partial charge in [-0.2, -0.15) is 0 Å². The fraction of sp³-hybridized carbons (Fsp3) is 0.222. The van der Waals surface area contributed by atoms with E-state index >= 15 is 0 Å². The first-order chi connectivity index (χ1) is 7.13. The molecule has 0 saturated carbocycles. The van der Waals surface area contributed by atoms with Gasteiger partial charge in [0.25, 0.3) is 0 Å². The minimum absolute atomic E-state index is 0.140. The molecule has 1 aromatic heterocycles. The molecule has 80 valence electrons. The number of aliphatic hydroxyl groups excluding tert-OH is 1. The predicted molar refractivity (Wildman–Crippen MR) is 53.1 cm³/mol. The maximum atomic E-state index is 11.6. The van der Waals surface area contributed by atoms with Gasteiger partial charge in [0.15, 0.2) is 21.8 Å². The standard InChI is InChI=1S/C9H9NO4S/c11-3-4-15(12,13)7-1-2-8-9(5-7)14-6-10-8/h1-2,5-6,11H,3-4H2. The monoisotopic (exact) mass is 227 g/mol. The molecule has 0 aliphatic heterocycles. The van der Waals surface area contributed by atoms with E-state index < -0.39 is 16.4 Å². The lowest BCUT2D eigenvalue weighted by Gasteiger charge is -2.01. The number of nitrogens with zero attached hydrogens (tertiary/aromatic N) is 1. The van der Waals surface area contributed by atoms with Gasteiger partial charge < -0.3 is 9.52 Å². The summed E-state index contributed by atoms with van der Waals surface area (Å²) in [7, 11) is -3.42. The third-order valence-electron chi connectivity index (χ3n) is 2.02. The third-order valence-corrected chi connectivity index (χ3v) is 3.71. The van der Waals surface area contributed by atoms with Crippen LogP contribution in [0.25, 0.3) is 11.1 Å². The number of rotatable bonds is 3. The number of sulfone groups is 1. The van der Waals surface area contributed by atoms with Gasteiger partial charge >= 0.3 is 0 Å². The van der Waals surface area contributed by atoms with Crippen LogP contribution in [0.2, 0.25) is 0 Å². The topological polar surface area (TPSA) is 80.4 Å². The Hall–Kier alpha value is -1.40. The molecule has 0 radical (unpaired) electrons. The minimum atomic E-state index is -3.42. The van der Waals surface area contributed by atoms with Gasteiger partial charge in [-0.3, -0.25) is 0 Å². The number of hydrogen-bond donors (Lipinski definition) is 1. The zero-order chi connectivity index (χ0) is 10.9. The number of oxazole rings is 1. The fourth-order valence-corrected chi connectivity index (χ4v) is 2.30. The maximum absolute atomic E-state index is 11.6. The van der Waals surface area contributed by atoms with Crippen LogP contribution in [0.3, 0.4) is 0 Å². The lowest BCUT2D eigenvalue weighted by atomic mass is 10.3. The Morgan fingerprint density at radius 1 is 1.40 bits per heavy atom. The molecule has 1 heterocycles. The highest BCUT2D eigenvalue weighted by Crippen LogP contribution is 2.18. The smallest absolute Gasteiger partial charge is 0.181 e. The van der Waals surface area contributed by atoms with E-state index in [2.05, 4.69) is 4.98 Å². The van der Waals surface area contributed by atoms with Crippen LogP contribution in [0.1, 0.15) is 0 Å². The van der Waals surface area contributed by atoms with Crippen LogP contribution in [-0.4, -0.2) is 30.9 Å². The number of aromatic nitrogens is 1. The van der Waals surface area contributed by atoms with Crippen molar-refractivity contribution in [2.75, 3.05) is 12.4 Å². The zero-order valence-electron chi connectivity index (χ0n) is 7.75. The Balaban J connectivity index is 2.52. The largest absolute Gasteiger partial charge is 0.443 e. The highest BCUT2D eigenvalue weighted by molar-refractivity contribution is 7.91. The Morgan fingerprint density at radius 2 is 2.20 bits per heavy atom. The summed E-state index contributed by atoms with van der Waals surface area (Å²) in [6.07, 6.45) is 1.26. The summed E-state index contributed by atoms with van der Waals surface area (Å²) in [5.74, 6) is -0.285. The molecule has 0 saturated heterocycles. The van der Waals surface area contributed by atoms with E-state index in [-0.39, 0.29) is 10.6 Å². The third kappa shape index (κ3) is 1.86. The number of benzene rings is 1. The molecule has 0 unspecified atom stereocenters. The van der Waals surface area contributed by atoms with E-state index in [1.165, 1.54) is 18.5 Å². The molecule has 0 amide bonds. The Bertz CT molecular complexity index is 573. The van der Waals surface area contributed by atoms with Crippen molar-refractivity contribution in [3.63, 3.8) is 0 Å². The van der Waals surface area contributed by atoms with Crippen LogP contribution < -0.4 is 0 Å². The molecule has 5 nitrogen and oxygen atoms in total. The highest BCUT2D eigenvalue weighted by Gasteiger charge is 2.14. The van der Waals surface area contributed by atoms with Crippen molar-refractivity contribution in [2.24, 2.45) is 0 Å². The summed E-state index contributed by atoms with van der Waals surface area (Å²) < 4.78 is 28.1. The van der Waals surface area contributed by atoms with Gasteiger partial charge in [-0.25, -0.2) is 13.4 Å². The second-order valence-corrected chi connectivity index (χ2v) is 5.13. The number of hydrogen-bond acceptors (Lipinski definition) is 5. The summed E-state index contributed by atoms with van der Waals surface area (Å²) in [6, 6.07) is 4.44. The molecule has 2 rings (SSSR count). The molecule has 0 fully saturated rings. The normalized spacial score (nSPS) is 12.1. The lowest BCUT2D eigenvalue weighted by molar-refractivity contribution is 0.319. The van der Waals surface area contributed by atoms with Crippen LogP contribution in [0.5, 0.6) is 0 Å². The molecule has 0 spiro atoms. The van der Waals surface area contributed by atoms with Gasteiger partial charge in [0.2, 0.25) is 0 Å².